The summed E-state index contributed by atoms with van der Waals surface area (Å²) in [4.78, 5) is 16.6. The molecule has 0 fully saturated rings. The molecule has 0 unspecified atom stereocenters. The van der Waals surface area contributed by atoms with E-state index in [1.165, 1.54) is 11.3 Å². The molecule has 1 heterocycles. The molecule has 0 atom stereocenters. The quantitative estimate of drug-likeness (QED) is 0.760. The minimum Gasteiger partial charge on any atom is -0.325 e. The van der Waals surface area contributed by atoms with Crippen molar-refractivity contribution in [2.24, 2.45) is 0 Å². The normalized spacial score (nSPS) is 11.5. The number of aromatic nitrogens is 1. The molecule has 1 N–H and O–H groups in total. The summed E-state index contributed by atoms with van der Waals surface area (Å²) in [5.74, 6) is -1.24. The molecule has 7 heteroatoms. The Morgan fingerprint density at radius 1 is 1.28 bits per heavy atom. The van der Waals surface area contributed by atoms with Gasteiger partial charge in [0.2, 0.25) is 5.91 Å². The number of sulfone groups is 1. The highest BCUT2D eigenvalue weighted by molar-refractivity contribution is 7.91. The van der Waals surface area contributed by atoms with Gasteiger partial charge in [0.25, 0.3) is 0 Å². The molecule has 136 valence electrons. The van der Waals surface area contributed by atoms with Crippen LogP contribution in [-0.2, 0) is 33.2 Å². The van der Waals surface area contributed by atoms with Crippen LogP contribution in [0.3, 0.4) is 0 Å². The van der Waals surface area contributed by atoms with E-state index < -0.39 is 21.5 Å². The number of carbonyl (C=O) groups is 1. The standard InChI is InChI=1S/C18H24N2O3S2/c1-4-7-17-19-15(10-24-17)11-25(22,23)12-16(21)20-18-13(3)8-6-9-14(18)5-2/h6,8-10H,4-5,7,11-12H2,1-3H3,(H,20,21). The van der Waals surface area contributed by atoms with Gasteiger partial charge in [0, 0.05) is 11.1 Å². The second-order valence-electron chi connectivity index (χ2n) is 6.03. The lowest BCUT2D eigenvalue weighted by molar-refractivity contribution is -0.113. The maximum atomic E-state index is 12.3. The monoisotopic (exact) mass is 380 g/mol. The molecule has 25 heavy (non-hydrogen) atoms. The lowest BCUT2D eigenvalue weighted by atomic mass is 10.1. The first kappa shape index (κ1) is 19.6. The van der Waals surface area contributed by atoms with E-state index in [1.54, 1.807) is 5.38 Å². The molecule has 0 saturated carbocycles. The van der Waals surface area contributed by atoms with E-state index >= 15 is 0 Å². The van der Waals surface area contributed by atoms with Gasteiger partial charge < -0.3 is 5.32 Å². The van der Waals surface area contributed by atoms with E-state index in [4.69, 9.17) is 0 Å². The summed E-state index contributed by atoms with van der Waals surface area (Å²) in [6.07, 6.45) is 2.58. The molecular weight excluding hydrogens is 356 g/mol. The van der Waals surface area contributed by atoms with Gasteiger partial charge in [-0.2, -0.15) is 0 Å². The third kappa shape index (κ3) is 5.64. The first-order valence-electron chi connectivity index (χ1n) is 8.36. The zero-order valence-electron chi connectivity index (χ0n) is 14.8. The third-order valence-corrected chi connectivity index (χ3v) is 6.18. The average Bonchev–Trinajstić information content (AvgIpc) is 2.95. The molecule has 2 aromatic rings. The van der Waals surface area contributed by atoms with Gasteiger partial charge in [-0.25, -0.2) is 13.4 Å². The lowest BCUT2D eigenvalue weighted by Crippen LogP contribution is -2.25. The number of amides is 1. The van der Waals surface area contributed by atoms with E-state index in [0.29, 0.717) is 11.4 Å². The van der Waals surface area contributed by atoms with Crippen LogP contribution in [0.4, 0.5) is 5.69 Å². The van der Waals surface area contributed by atoms with Crippen LogP contribution in [0, 0.1) is 6.92 Å². The Balaban J connectivity index is 2.03. The summed E-state index contributed by atoms with van der Waals surface area (Å²) in [7, 11) is -3.56. The minimum atomic E-state index is -3.56. The van der Waals surface area contributed by atoms with Crippen molar-refractivity contribution < 1.29 is 13.2 Å². The van der Waals surface area contributed by atoms with Gasteiger partial charge in [-0.05, 0) is 37.3 Å². The Bertz CT molecular complexity index is 842. The van der Waals surface area contributed by atoms with Crippen LogP contribution in [0.5, 0.6) is 0 Å². The number of hydrogen-bond acceptors (Lipinski definition) is 5. The first-order valence-corrected chi connectivity index (χ1v) is 11.1. The van der Waals surface area contributed by atoms with Crippen molar-refractivity contribution in [2.75, 3.05) is 11.1 Å². The van der Waals surface area contributed by atoms with Crippen LogP contribution in [0.25, 0.3) is 0 Å². The Kier molecular flexibility index (Phi) is 6.72. The van der Waals surface area contributed by atoms with Gasteiger partial charge in [0.1, 0.15) is 5.75 Å². The number of rotatable bonds is 8. The number of nitrogens with one attached hydrogen (secondary N) is 1. The van der Waals surface area contributed by atoms with Crippen molar-refractivity contribution in [1.29, 1.82) is 0 Å². The van der Waals surface area contributed by atoms with Crippen molar-refractivity contribution in [3.8, 4) is 0 Å². The molecule has 0 spiro atoms. The summed E-state index contributed by atoms with van der Waals surface area (Å²) in [5.41, 5.74) is 3.15. The van der Waals surface area contributed by atoms with Crippen LogP contribution in [-0.4, -0.2) is 25.1 Å². The highest BCUT2D eigenvalue weighted by atomic mass is 32.2. The van der Waals surface area contributed by atoms with Crippen molar-refractivity contribution in [3.05, 3.63) is 45.4 Å². The van der Waals surface area contributed by atoms with Gasteiger partial charge >= 0.3 is 0 Å². The van der Waals surface area contributed by atoms with Crippen LogP contribution >= 0.6 is 11.3 Å². The molecule has 1 aromatic heterocycles. The summed E-state index contributed by atoms with van der Waals surface area (Å²) in [6.45, 7) is 5.95. The van der Waals surface area contributed by atoms with Crippen LogP contribution in [0.15, 0.2) is 23.6 Å². The van der Waals surface area contributed by atoms with Crippen LogP contribution in [0.1, 0.15) is 42.1 Å². The summed E-state index contributed by atoms with van der Waals surface area (Å²) >= 11 is 1.47. The average molecular weight is 381 g/mol. The Labute approximate surface area is 153 Å². The van der Waals surface area contributed by atoms with E-state index in [0.717, 1.165) is 35.4 Å². The van der Waals surface area contributed by atoms with Gasteiger partial charge in [0.05, 0.1) is 16.5 Å². The fraction of sp³-hybridized carbons (Fsp3) is 0.444. The molecule has 0 saturated heterocycles. The number of benzene rings is 1. The maximum Gasteiger partial charge on any atom is 0.239 e. The number of nitrogens with zero attached hydrogens (tertiary/aromatic N) is 1. The maximum absolute atomic E-state index is 12.3. The number of para-hydroxylation sites is 1. The van der Waals surface area contributed by atoms with Crippen molar-refractivity contribution in [3.63, 3.8) is 0 Å². The molecule has 0 radical (unpaired) electrons. The van der Waals surface area contributed by atoms with Crippen LogP contribution in [0.2, 0.25) is 0 Å². The number of anilines is 1. The van der Waals surface area contributed by atoms with Gasteiger partial charge in [-0.15, -0.1) is 11.3 Å². The first-order chi connectivity index (χ1) is 11.8. The SMILES string of the molecule is CCCc1nc(CS(=O)(=O)CC(=O)Nc2c(C)cccc2CC)cs1. The zero-order chi connectivity index (χ0) is 18.4. The van der Waals surface area contributed by atoms with Gasteiger partial charge in [0.15, 0.2) is 9.84 Å². The van der Waals surface area contributed by atoms with E-state index in [-0.39, 0.29) is 5.75 Å². The number of hydrogen-bond donors (Lipinski definition) is 1. The molecule has 0 aliphatic carbocycles. The van der Waals surface area contributed by atoms with E-state index in [9.17, 15) is 13.2 Å². The van der Waals surface area contributed by atoms with Gasteiger partial charge in [-0.3, -0.25) is 4.79 Å². The number of aryl methyl sites for hydroxylation is 3. The highest BCUT2D eigenvalue weighted by Gasteiger charge is 2.20. The summed E-state index contributed by atoms with van der Waals surface area (Å²) in [6, 6.07) is 5.76. The molecule has 0 aliphatic rings. The predicted octanol–water partition coefficient (Wildman–Crippen LogP) is 3.52. The molecule has 0 aliphatic heterocycles. The molecule has 1 aromatic carbocycles. The number of thiazole rings is 1. The lowest BCUT2D eigenvalue weighted by Gasteiger charge is -2.13. The Hall–Kier alpha value is -1.73. The van der Waals surface area contributed by atoms with E-state index in [1.807, 2.05) is 32.0 Å². The summed E-state index contributed by atoms with van der Waals surface area (Å²) < 4.78 is 24.6. The topological polar surface area (TPSA) is 76.1 Å². The highest BCUT2D eigenvalue weighted by Crippen LogP contribution is 2.21. The van der Waals surface area contributed by atoms with Crippen molar-refractivity contribution >= 4 is 32.8 Å². The second kappa shape index (κ2) is 8.58. The molecule has 1 amide bonds. The minimum absolute atomic E-state index is 0.199. The number of carbonyl (C=O) groups excluding carboxylic acids is 1. The smallest absolute Gasteiger partial charge is 0.239 e. The molecule has 0 bridgehead atoms. The van der Waals surface area contributed by atoms with Gasteiger partial charge in [-0.1, -0.05) is 32.0 Å². The fourth-order valence-electron chi connectivity index (χ4n) is 2.60. The molecule has 2 rings (SSSR count). The Morgan fingerprint density at radius 2 is 2.04 bits per heavy atom. The second-order valence-corrected chi connectivity index (χ2v) is 9.03. The predicted molar refractivity (Wildman–Crippen MR) is 103 cm³/mol. The largest absolute Gasteiger partial charge is 0.325 e. The van der Waals surface area contributed by atoms with E-state index in [2.05, 4.69) is 17.2 Å². The fourth-order valence-corrected chi connectivity index (χ4v) is 4.78. The van der Waals surface area contributed by atoms with Crippen molar-refractivity contribution in [1.82, 2.24) is 4.98 Å². The molecule has 5 nitrogen and oxygen atoms in total. The summed E-state index contributed by atoms with van der Waals surface area (Å²) in [5, 5.41) is 5.46. The zero-order valence-corrected chi connectivity index (χ0v) is 16.5. The van der Waals surface area contributed by atoms with Crippen molar-refractivity contribution in [2.45, 2.75) is 45.8 Å². The van der Waals surface area contributed by atoms with Crippen LogP contribution < -0.4 is 5.32 Å². The molecular formula is C18H24N2O3S2. The Morgan fingerprint density at radius 3 is 2.72 bits per heavy atom. The third-order valence-electron chi connectivity index (χ3n) is 3.79.